The standard InChI is InChI=1S/C9H8O2/c10-9-5-7-3-1-2-4-8(7)6-11-9/h1-4H,5-6H2. The van der Waals surface area contributed by atoms with Crippen molar-refractivity contribution >= 4 is 5.97 Å². The van der Waals surface area contributed by atoms with Crippen LogP contribution in [0.15, 0.2) is 24.3 Å². The highest BCUT2D eigenvalue weighted by atomic mass is 16.5. The Kier molecular flexibility index (Phi) is 1.39. The highest BCUT2D eigenvalue weighted by Crippen LogP contribution is 2.15. The van der Waals surface area contributed by atoms with Gasteiger partial charge in [-0.15, -0.1) is 0 Å². The summed E-state index contributed by atoms with van der Waals surface area (Å²) in [5.74, 6) is -0.122. The van der Waals surface area contributed by atoms with Crippen LogP contribution in [0, 0.1) is 0 Å². The quantitative estimate of drug-likeness (QED) is 0.518. The maximum atomic E-state index is 10.8. The first-order valence-electron chi connectivity index (χ1n) is 3.58. The second-order valence-corrected chi connectivity index (χ2v) is 2.61. The van der Waals surface area contributed by atoms with Crippen molar-refractivity contribution in [1.29, 1.82) is 0 Å². The third-order valence-electron chi connectivity index (χ3n) is 1.84. The normalized spacial score (nSPS) is 15.5. The first kappa shape index (κ1) is 6.40. The fourth-order valence-electron chi connectivity index (χ4n) is 1.24. The molecule has 1 aliphatic rings. The number of fused-ring (bicyclic) bond motifs is 1. The van der Waals surface area contributed by atoms with E-state index >= 15 is 0 Å². The molecule has 0 radical (unpaired) electrons. The average molecular weight is 148 g/mol. The lowest BCUT2D eigenvalue weighted by atomic mass is 10.0. The molecule has 0 spiro atoms. The van der Waals surface area contributed by atoms with Crippen LogP contribution < -0.4 is 0 Å². The lowest BCUT2D eigenvalue weighted by Crippen LogP contribution is -2.15. The van der Waals surface area contributed by atoms with Gasteiger partial charge < -0.3 is 4.74 Å². The lowest BCUT2D eigenvalue weighted by molar-refractivity contribution is -0.145. The van der Waals surface area contributed by atoms with Crippen molar-refractivity contribution in [3.05, 3.63) is 35.4 Å². The fourth-order valence-corrected chi connectivity index (χ4v) is 1.24. The Morgan fingerprint density at radius 2 is 1.91 bits per heavy atom. The zero-order valence-electron chi connectivity index (χ0n) is 6.04. The zero-order valence-corrected chi connectivity index (χ0v) is 6.04. The highest BCUT2D eigenvalue weighted by molar-refractivity contribution is 5.74. The molecule has 0 aliphatic carbocycles. The molecule has 0 saturated heterocycles. The van der Waals surface area contributed by atoms with Crippen molar-refractivity contribution in [2.24, 2.45) is 0 Å². The summed E-state index contributed by atoms with van der Waals surface area (Å²) in [4.78, 5) is 10.8. The first-order valence-corrected chi connectivity index (χ1v) is 3.58. The molecule has 1 aromatic carbocycles. The van der Waals surface area contributed by atoms with E-state index in [9.17, 15) is 4.79 Å². The molecule has 1 heterocycles. The van der Waals surface area contributed by atoms with Crippen LogP contribution in [0.1, 0.15) is 11.1 Å². The molecule has 0 saturated carbocycles. The summed E-state index contributed by atoms with van der Waals surface area (Å²) in [7, 11) is 0. The van der Waals surface area contributed by atoms with Gasteiger partial charge in [0, 0.05) is 0 Å². The van der Waals surface area contributed by atoms with Gasteiger partial charge >= 0.3 is 5.97 Å². The number of carbonyl (C=O) groups excluding carboxylic acids is 1. The van der Waals surface area contributed by atoms with Crippen LogP contribution in [0.3, 0.4) is 0 Å². The van der Waals surface area contributed by atoms with Gasteiger partial charge in [0.15, 0.2) is 0 Å². The van der Waals surface area contributed by atoms with E-state index in [2.05, 4.69) is 0 Å². The minimum Gasteiger partial charge on any atom is -0.461 e. The van der Waals surface area contributed by atoms with Crippen molar-refractivity contribution in [2.75, 3.05) is 0 Å². The average Bonchev–Trinajstić information content (AvgIpc) is 2.04. The van der Waals surface area contributed by atoms with E-state index in [4.69, 9.17) is 4.74 Å². The molecular weight excluding hydrogens is 140 g/mol. The third-order valence-corrected chi connectivity index (χ3v) is 1.84. The fraction of sp³-hybridized carbons (Fsp3) is 0.222. The molecule has 0 N–H and O–H groups in total. The summed E-state index contributed by atoms with van der Waals surface area (Å²) in [6, 6.07) is 7.85. The summed E-state index contributed by atoms with van der Waals surface area (Å²) in [5, 5.41) is 0. The number of hydrogen-bond acceptors (Lipinski definition) is 2. The molecule has 1 aromatic rings. The first-order chi connectivity index (χ1) is 5.36. The maximum Gasteiger partial charge on any atom is 0.310 e. The molecule has 2 nitrogen and oxygen atoms in total. The van der Waals surface area contributed by atoms with Crippen molar-refractivity contribution < 1.29 is 9.53 Å². The van der Waals surface area contributed by atoms with Crippen molar-refractivity contribution in [3.8, 4) is 0 Å². The van der Waals surface area contributed by atoms with Gasteiger partial charge in [0.05, 0.1) is 6.42 Å². The van der Waals surface area contributed by atoms with Crippen LogP contribution in [0.4, 0.5) is 0 Å². The lowest BCUT2D eigenvalue weighted by Gasteiger charge is -2.14. The van der Waals surface area contributed by atoms with Gasteiger partial charge in [0.1, 0.15) is 6.61 Å². The van der Waals surface area contributed by atoms with E-state index in [0.717, 1.165) is 11.1 Å². The van der Waals surface area contributed by atoms with Crippen molar-refractivity contribution in [3.63, 3.8) is 0 Å². The summed E-state index contributed by atoms with van der Waals surface area (Å²) in [5.41, 5.74) is 2.23. The number of ether oxygens (including phenoxy) is 1. The number of benzene rings is 1. The summed E-state index contributed by atoms with van der Waals surface area (Å²) in [6.45, 7) is 0.439. The Labute approximate surface area is 64.8 Å². The van der Waals surface area contributed by atoms with Crippen molar-refractivity contribution in [2.45, 2.75) is 13.0 Å². The minimum atomic E-state index is -0.122. The molecule has 0 bridgehead atoms. The molecule has 0 amide bonds. The molecule has 0 unspecified atom stereocenters. The summed E-state index contributed by atoms with van der Waals surface area (Å²) in [6.07, 6.45) is 0.427. The van der Waals surface area contributed by atoms with Crippen LogP contribution in [0.2, 0.25) is 0 Å². The maximum absolute atomic E-state index is 10.8. The summed E-state index contributed by atoms with van der Waals surface area (Å²) >= 11 is 0. The molecular formula is C9H8O2. The second-order valence-electron chi connectivity index (χ2n) is 2.61. The van der Waals surface area contributed by atoms with Crippen molar-refractivity contribution in [1.82, 2.24) is 0 Å². The SMILES string of the molecule is O=C1Cc2ccccc2CO1. The Morgan fingerprint density at radius 3 is 2.73 bits per heavy atom. The van der Waals surface area contributed by atoms with Gasteiger partial charge in [-0.2, -0.15) is 0 Å². The van der Waals surface area contributed by atoms with Crippen LogP contribution >= 0.6 is 0 Å². The Morgan fingerprint density at radius 1 is 1.18 bits per heavy atom. The third kappa shape index (κ3) is 1.11. The molecule has 0 aromatic heterocycles. The van der Waals surface area contributed by atoms with Crippen LogP contribution in [0.5, 0.6) is 0 Å². The van der Waals surface area contributed by atoms with Crippen LogP contribution in [0.25, 0.3) is 0 Å². The van der Waals surface area contributed by atoms with Gasteiger partial charge in [0.2, 0.25) is 0 Å². The number of hydrogen-bond donors (Lipinski definition) is 0. The monoisotopic (exact) mass is 148 g/mol. The predicted molar refractivity (Wildman–Crippen MR) is 39.9 cm³/mol. The molecule has 2 rings (SSSR count). The van der Waals surface area contributed by atoms with Gasteiger partial charge in [-0.1, -0.05) is 24.3 Å². The highest BCUT2D eigenvalue weighted by Gasteiger charge is 2.14. The molecule has 0 atom stereocenters. The summed E-state index contributed by atoms with van der Waals surface area (Å²) < 4.78 is 4.87. The molecule has 56 valence electrons. The van der Waals surface area contributed by atoms with E-state index in [0.29, 0.717) is 13.0 Å². The Hall–Kier alpha value is -1.31. The van der Waals surface area contributed by atoms with E-state index in [1.807, 2.05) is 24.3 Å². The zero-order chi connectivity index (χ0) is 7.68. The molecule has 1 aliphatic heterocycles. The Balaban J connectivity index is 2.41. The molecule has 11 heavy (non-hydrogen) atoms. The van der Waals surface area contributed by atoms with E-state index in [-0.39, 0.29) is 5.97 Å². The van der Waals surface area contributed by atoms with E-state index in [1.54, 1.807) is 0 Å². The minimum absolute atomic E-state index is 0.122. The van der Waals surface area contributed by atoms with Gasteiger partial charge in [-0.05, 0) is 11.1 Å². The number of esters is 1. The molecule has 0 fully saturated rings. The van der Waals surface area contributed by atoms with Gasteiger partial charge in [-0.3, -0.25) is 4.79 Å². The smallest absolute Gasteiger partial charge is 0.310 e. The molecule has 2 heteroatoms. The predicted octanol–water partition coefficient (Wildman–Crippen LogP) is 1.29. The largest absolute Gasteiger partial charge is 0.461 e. The van der Waals surface area contributed by atoms with Crippen LogP contribution in [-0.4, -0.2) is 5.97 Å². The second kappa shape index (κ2) is 2.38. The van der Waals surface area contributed by atoms with Gasteiger partial charge in [0.25, 0.3) is 0 Å². The topological polar surface area (TPSA) is 26.3 Å². The van der Waals surface area contributed by atoms with E-state index < -0.39 is 0 Å². The Bertz CT molecular complexity index is 291. The van der Waals surface area contributed by atoms with E-state index in [1.165, 1.54) is 0 Å². The number of cyclic esters (lactones) is 1. The van der Waals surface area contributed by atoms with Gasteiger partial charge in [-0.25, -0.2) is 0 Å². The van der Waals surface area contributed by atoms with Crippen LogP contribution in [-0.2, 0) is 22.6 Å². The number of rotatable bonds is 0. The number of carbonyl (C=O) groups is 1.